The van der Waals surface area contributed by atoms with Gasteiger partial charge in [0.2, 0.25) is 0 Å². The highest BCUT2D eigenvalue weighted by Gasteiger charge is 2.21. The molecule has 9 nitrogen and oxygen atoms in total. The van der Waals surface area contributed by atoms with Gasteiger partial charge in [-0.2, -0.15) is 4.57 Å². The molecule has 2 amide bonds. The van der Waals surface area contributed by atoms with E-state index in [2.05, 4.69) is 11.9 Å². The van der Waals surface area contributed by atoms with E-state index in [1.807, 2.05) is 64.1 Å². The second-order valence-corrected chi connectivity index (χ2v) is 9.27. The number of carbonyl (C=O) groups is 2. The number of benzene rings is 2. The van der Waals surface area contributed by atoms with Crippen LogP contribution in [0.4, 0.5) is 0 Å². The number of carbonyl (C=O) groups excluding carboxylic acids is 2. The first-order chi connectivity index (χ1) is 19.2. The Hall–Kier alpha value is -4.57. The van der Waals surface area contributed by atoms with Gasteiger partial charge in [0.15, 0.2) is 37.9 Å². The second-order valence-electron chi connectivity index (χ2n) is 9.27. The molecular formula is C29H29B2N3O6+2. The molecule has 200 valence electrons. The van der Waals surface area contributed by atoms with E-state index in [0.717, 1.165) is 16.7 Å². The van der Waals surface area contributed by atoms with Gasteiger partial charge < -0.3 is 19.7 Å². The second kappa shape index (κ2) is 13.0. The molecule has 0 unspecified atom stereocenters. The number of pyridine rings is 2. The Kier molecular flexibility index (Phi) is 9.23. The molecule has 4 N–H and O–H groups in total. The third-order valence-electron chi connectivity index (χ3n) is 6.22. The van der Waals surface area contributed by atoms with Crippen molar-refractivity contribution in [1.29, 1.82) is 0 Å². The number of amides is 2. The van der Waals surface area contributed by atoms with Crippen LogP contribution in [0.3, 0.4) is 0 Å². The van der Waals surface area contributed by atoms with Crippen molar-refractivity contribution in [3.63, 3.8) is 0 Å². The maximum atomic E-state index is 13.0. The summed E-state index contributed by atoms with van der Waals surface area (Å²) < 4.78 is 9.06. The van der Waals surface area contributed by atoms with Gasteiger partial charge >= 0.3 is 14.8 Å². The maximum Gasteiger partial charge on any atom is 0.504 e. The minimum Gasteiger partial charge on any atom is -0.538 e. The van der Waals surface area contributed by atoms with Crippen LogP contribution in [0.25, 0.3) is 11.1 Å². The summed E-state index contributed by atoms with van der Waals surface area (Å²) in [4.78, 5) is 25.2. The summed E-state index contributed by atoms with van der Waals surface area (Å²) in [5, 5.41) is 31.1. The maximum absolute atomic E-state index is 13.0. The predicted molar refractivity (Wildman–Crippen MR) is 150 cm³/mol. The summed E-state index contributed by atoms with van der Waals surface area (Å²) in [5.41, 5.74) is 3.93. The molecule has 0 aliphatic heterocycles. The van der Waals surface area contributed by atoms with Crippen LogP contribution in [0.5, 0.6) is 5.75 Å². The minimum atomic E-state index is -1.59. The minimum absolute atomic E-state index is 0.213. The predicted octanol–water partition coefficient (Wildman–Crippen LogP) is 0.175. The lowest BCUT2D eigenvalue weighted by atomic mass is 9.77. The highest BCUT2D eigenvalue weighted by atomic mass is 16.5. The van der Waals surface area contributed by atoms with Gasteiger partial charge in [0.25, 0.3) is 11.8 Å². The zero-order valence-corrected chi connectivity index (χ0v) is 22.0. The Morgan fingerprint density at radius 1 is 0.925 bits per heavy atom. The fraction of sp³-hybridized carbons (Fsp3) is 0.103. The van der Waals surface area contributed by atoms with Crippen molar-refractivity contribution >= 4 is 32.1 Å². The molecule has 2 heterocycles. The van der Waals surface area contributed by atoms with Gasteiger partial charge in [0.1, 0.15) is 11.3 Å². The summed E-state index contributed by atoms with van der Waals surface area (Å²) in [6, 6.07) is 19.8. The molecule has 0 saturated carbocycles. The average molecular weight is 537 g/mol. The molecule has 2 aromatic carbocycles. The molecule has 4 rings (SSSR count). The van der Waals surface area contributed by atoms with Gasteiger partial charge in [0.05, 0.1) is 16.7 Å². The van der Waals surface area contributed by atoms with Crippen molar-refractivity contribution in [3.05, 3.63) is 120 Å². The van der Waals surface area contributed by atoms with E-state index in [1.54, 1.807) is 36.5 Å². The Balaban J connectivity index is 1.73. The zero-order valence-electron chi connectivity index (χ0n) is 22.0. The molecule has 0 aliphatic carbocycles. The van der Waals surface area contributed by atoms with Gasteiger partial charge in [-0.25, -0.2) is 4.57 Å². The molecule has 0 atom stereocenters. The fourth-order valence-corrected chi connectivity index (χ4v) is 4.25. The number of hydrogen-bond acceptors (Lipinski definition) is 6. The summed E-state index contributed by atoms with van der Waals surface area (Å²) >= 11 is 0. The normalized spacial score (nSPS) is 10.5. The average Bonchev–Trinajstić information content (AvgIpc) is 2.94. The van der Waals surface area contributed by atoms with Gasteiger partial charge in [-0.05, 0) is 36.7 Å². The lowest BCUT2D eigenvalue weighted by molar-refractivity contribution is -0.689. The smallest absolute Gasteiger partial charge is 0.504 e. The van der Waals surface area contributed by atoms with E-state index in [0.29, 0.717) is 29.9 Å². The highest BCUT2D eigenvalue weighted by molar-refractivity contribution is 6.59. The summed E-state index contributed by atoms with van der Waals surface area (Å²) in [6.07, 6.45) is 7.26. The fourth-order valence-electron chi connectivity index (χ4n) is 4.25. The first-order valence-corrected chi connectivity index (χ1v) is 12.6. The Morgan fingerprint density at radius 3 is 2.33 bits per heavy atom. The largest absolute Gasteiger partial charge is 0.538 e. The van der Waals surface area contributed by atoms with Crippen molar-refractivity contribution < 1.29 is 38.4 Å². The number of rotatable bonds is 10. The quantitative estimate of drug-likeness (QED) is 0.130. The number of imide groups is 1. The third kappa shape index (κ3) is 7.09. The van der Waals surface area contributed by atoms with Crippen LogP contribution in [0.2, 0.25) is 0 Å². The van der Waals surface area contributed by atoms with E-state index in [1.165, 1.54) is 6.92 Å². The lowest BCUT2D eigenvalue weighted by Crippen LogP contribution is -2.40. The summed E-state index contributed by atoms with van der Waals surface area (Å²) in [5.74, 6) is -0.627. The molecule has 0 saturated heterocycles. The molecule has 0 spiro atoms. The number of nitrogens with one attached hydrogen (secondary N) is 1. The molecule has 0 bridgehead atoms. The highest BCUT2D eigenvalue weighted by Crippen LogP contribution is 2.20. The molecule has 4 aromatic rings. The van der Waals surface area contributed by atoms with E-state index < -0.39 is 26.6 Å². The standard InChI is InChI=1S/C29H28B2N3O6/c1-20(2)28(35)32-29(36)25-14-24(18-34(19-25)17-23-9-4-6-12-27(23)40-30-37)21-10-7-13-33(15-21)16-22-8-3-5-11-26(22)31(38)39/h3-15,18-19,30,37-39H,1,16-17H2,2H3/q+1/p+1. The van der Waals surface area contributed by atoms with Gasteiger partial charge in [-0.15, -0.1) is 0 Å². The van der Waals surface area contributed by atoms with Crippen LogP contribution in [-0.2, 0) is 17.9 Å². The first-order valence-electron chi connectivity index (χ1n) is 12.6. The SMILES string of the molecule is C=C(C)C(=O)NC(=O)c1cc(-c2ccc[n+](Cc3ccccc3B(O)O)c2)c[n+](Cc2ccccc2OBO)c1. The summed E-state index contributed by atoms with van der Waals surface area (Å²) in [7, 11) is -2.06. The molecular weight excluding hydrogens is 508 g/mol. The van der Waals surface area contributed by atoms with Crippen molar-refractivity contribution in [1.82, 2.24) is 5.32 Å². The Morgan fingerprint density at radius 2 is 1.60 bits per heavy atom. The number of para-hydroxylation sites is 1. The zero-order chi connectivity index (χ0) is 28.6. The van der Waals surface area contributed by atoms with E-state index in [4.69, 9.17) is 4.65 Å². The third-order valence-corrected chi connectivity index (χ3v) is 6.22. The topological polar surface area (TPSA) is 124 Å². The van der Waals surface area contributed by atoms with E-state index >= 15 is 0 Å². The van der Waals surface area contributed by atoms with E-state index in [-0.39, 0.29) is 11.1 Å². The number of nitrogens with zero attached hydrogens (tertiary/aromatic N) is 2. The summed E-state index contributed by atoms with van der Waals surface area (Å²) in [6.45, 7) is 5.83. The molecule has 11 heteroatoms. The molecule has 40 heavy (non-hydrogen) atoms. The van der Waals surface area contributed by atoms with Crippen molar-refractivity contribution in [2.24, 2.45) is 0 Å². The van der Waals surface area contributed by atoms with Crippen LogP contribution in [0.1, 0.15) is 28.4 Å². The molecule has 0 aliphatic rings. The van der Waals surface area contributed by atoms with Crippen LogP contribution in [0, 0.1) is 0 Å². The van der Waals surface area contributed by atoms with Crippen molar-refractivity contribution in [2.75, 3.05) is 0 Å². The van der Waals surface area contributed by atoms with E-state index in [9.17, 15) is 24.7 Å². The molecule has 0 fully saturated rings. The number of hydrogen-bond donors (Lipinski definition) is 4. The molecule has 0 radical (unpaired) electrons. The monoisotopic (exact) mass is 537 g/mol. The van der Waals surface area contributed by atoms with Crippen molar-refractivity contribution in [3.8, 4) is 16.9 Å². The van der Waals surface area contributed by atoms with Gasteiger partial charge in [-0.3, -0.25) is 14.9 Å². The Bertz CT molecular complexity index is 1560. The van der Waals surface area contributed by atoms with Gasteiger partial charge in [-0.1, -0.05) is 43.0 Å². The van der Waals surface area contributed by atoms with Crippen LogP contribution in [0.15, 0.2) is 104 Å². The molecule has 2 aromatic heterocycles. The lowest BCUT2D eigenvalue weighted by Gasteiger charge is -2.10. The van der Waals surface area contributed by atoms with Crippen LogP contribution >= 0.6 is 0 Å². The van der Waals surface area contributed by atoms with Gasteiger partial charge in [0, 0.05) is 17.2 Å². The number of aromatic nitrogens is 2. The first kappa shape index (κ1) is 28.4. The van der Waals surface area contributed by atoms with Crippen LogP contribution in [-0.4, -0.2) is 41.7 Å². The Labute approximate surface area is 233 Å². The van der Waals surface area contributed by atoms with Crippen LogP contribution < -0.4 is 24.6 Å². The van der Waals surface area contributed by atoms with Crippen molar-refractivity contribution in [2.45, 2.75) is 20.0 Å².